The van der Waals surface area contributed by atoms with E-state index >= 15 is 0 Å². The van der Waals surface area contributed by atoms with Gasteiger partial charge in [0, 0.05) is 127 Å². The highest BCUT2D eigenvalue weighted by Gasteiger charge is 2.81. The lowest BCUT2D eigenvalue weighted by Crippen LogP contribution is -3.00. The van der Waals surface area contributed by atoms with Gasteiger partial charge in [0.25, 0.3) is 0 Å². The van der Waals surface area contributed by atoms with Crippen LogP contribution in [0.4, 0.5) is 0 Å². The molecule has 5 unspecified atom stereocenters. The number of piperidine rings is 4. The Kier molecular flexibility index (Phi) is 19.0. The molecule has 23 nitrogen and oxygen atoms in total. The number of quaternary nitrogens is 1. The highest BCUT2D eigenvalue weighted by molar-refractivity contribution is 6.18. The molecule has 5 aromatic carbocycles. The molecular weight excluding hydrogens is 1650 g/mol. The zero-order valence-corrected chi connectivity index (χ0v) is 72.3. The average molecular weight is 1760 g/mol. The van der Waals surface area contributed by atoms with Crippen molar-refractivity contribution in [1.29, 1.82) is 0 Å². The number of aromatic hydroxyl groups is 4. The largest absolute Gasteiger partial charge is 1.00 e. The fourth-order valence-corrected chi connectivity index (χ4v) is 29.7. The highest BCUT2D eigenvalue weighted by atomic mass is 79.9. The first-order valence-electron chi connectivity index (χ1n) is 44.8. The van der Waals surface area contributed by atoms with Gasteiger partial charge in [0.1, 0.15) is 23.9 Å². The summed E-state index contributed by atoms with van der Waals surface area (Å²) in [7, 11) is 5.65. The van der Waals surface area contributed by atoms with Crippen LogP contribution in [-0.2, 0) is 84.1 Å². The molecular formula is C95H113BrCl2N6O17. The number of amides is 1. The number of phenols is 4. The minimum atomic E-state index is -1.06. The van der Waals surface area contributed by atoms with Crippen LogP contribution in [0.3, 0.4) is 0 Å². The number of halogens is 3. The molecule has 1 amide bonds. The predicted molar refractivity (Wildman–Crippen MR) is 443 cm³/mol. The Morgan fingerprint density at radius 2 is 1.04 bits per heavy atom. The van der Waals surface area contributed by atoms with Crippen LogP contribution >= 0.6 is 23.2 Å². The third-order valence-corrected chi connectivity index (χ3v) is 35.2. The minimum Gasteiger partial charge on any atom is -1.00 e. The number of likely N-dealkylation sites (N-methyl/N-ethyl adjacent to an activating group) is 2. The van der Waals surface area contributed by atoms with E-state index in [0.29, 0.717) is 99.0 Å². The van der Waals surface area contributed by atoms with E-state index in [4.69, 9.17) is 42.1 Å². The molecule has 0 radical (unpaired) electrons. The van der Waals surface area contributed by atoms with Crippen LogP contribution in [0, 0.1) is 23.2 Å². The third kappa shape index (κ3) is 11.2. The Labute approximate surface area is 726 Å². The van der Waals surface area contributed by atoms with Crippen molar-refractivity contribution in [3.05, 3.63) is 141 Å². The molecule has 19 atom stereocenters. The van der Waals surface area contributed by atoms with Gasteiger partial charge in [-0.05, 0) is 225 Å². The summed E-state index contributed by atoms with van der Waals surface area (Å²) in [5.41, 5.74) is 3.86. The van der Waals surface area contributed by atoms with Crippen molar-refractivity contribution in [2.45, 2.75) is 252 Å². The molecule has 646 valence electrons. The molecule has 7 saturated carbocycles. The molecule has 26 heteroatoms. The van der Waals surface area contributed by atoms with Gasteiger partial charge in [-0.25, -0.2) is 4.79 Å². The normalized spacial score (nSPS) is 38.6. The Morgan fingerprint density at radius 1 is 0.554 bits per heavy atom. The van der Waals surface area contributed by atoms with Crippen molar-refractivity contribution < 1.29 is 105 Å². The zero-order chi connectivity index (χ0) is 82.7. The van der Waals surface area contributed by atoms with Crippen LogP contribution in [-0.4, -0.2) is 263 Å². The number of ether oxygens (including phenoxy) is 5. The quantitative estimate of drug-likeness (QED) is 0.0303. The van der Waals surface area contributed by atoms with Gasteiger partial charge in [-0.2, -0.15) is 0 Å². The number of likely N-dealkylation sites (tertiary alicyclic amines) is 4. The number of phenolic OH excluding ortho intramolecular Hbond substituents is 4. The molecule has 4 saturated heterocycles. The molecule has 0 aromatic heterocycles. The summed E-state index contributed by atoms with van der Waals surface area (Å²) in [6.07, 6.45) is 19.4. The van der Waals surface area contributed by atoms with Gasteiger partial charge in [-0.1, -0.05) is 48.5 Å². The van der Waals surface area contributed by atoms with Crippen LogP contribution < -0.4 is 41.2 Å². The Hall–Kier alpha value is -6.78. The highest BCUT2D eigenvalue weighted by Crippen LogP contribution is 2.72. The summed E-state index contributed by atoms with van der Waals surface area (Å²) in [5, 5.41) is 94.9. The fourth-order valence-electron chi connectivity index (χ4n) is 29.3. The number of hydrogen-bond acceptors (Lipinski definition) is 21. The minimum absolute atomic E-state index is 0. The number of nitrogens with zero attached hydrogens (tertiary/aromatic N) is 5. The summed E-state index contributed by atoms with van der Waals surface area (Å²) in [6.45, 7) is 8.36. The van der Waals surface area contributed by atoms with Gasteiger partial charge < -0.3 is 96.2 Å². The van der Waals surface area contributed by atoms with Crippen molar-refractivity contribution in [2.75, 3.05) is 91.9 Å². The van der Waals surface area contributed by atoms with E-state index in [9.17, 15) is 60.0 Å². The number of fused-ring (bicyclic) bond motifs is 1. The van der Waals surface area contributed by atoms with Crippen molar-refractivity contribution >= 4 is 46.6 Å². The molecule has 8 bridgehead atoms. The van der Waals surface area contributed by atoms with Crippen LogP contribution in [0.2, 0.25) is 0 Å². The zero-order valence-electron chi connectivity index (χ0n) is 69.3. The number of ketones is 2. The van der Waals surface area contributed by atoms with Crippen LogP contribution in [0.15, 0.2) is 84.9 Å². The number of aliphatic hydroxyl groups is 4. The first-order chi connectivity index (χ1) is 57.7. The smallest absolute Gasteiger partial charge is 0.330 e. The van der Waals surface area contributed by atoms with E-state index in [1.54, 1.807) is 24.3 Å². The van der Waals surface area contributed by atoms with Crippen LogP contribution in [0.25, 0.3) is 0 Å². The number of carbonyl (C=O) groups is 4. The summed E-state index contributed by atoms with van der Waals surface area (Å²) in [6, 6.07) is 23.0. The number of Topliss-reactive ketones (excluding diaryl/α,β-unsaturated/α-hetero) is 2. The molecule has 8 aliphatic heterocycles. The Morgan fingerprint density at radius 3 is 1.59 bits per heavy atom. The average Bonchev–Trinajstić information content (AvgIpc) is 1.60. The van der Waals surface area contributed by atoms with Crippen molar-refractivity contribution in [3.63, 3.8) is 0 Å². The van der Waals surface area contributed by atoms with E-state index < -0.39 is 79.7 Å². The first-order valence-corrected chi connectivity index (χ1v) is 45.8. The monoisotopic (exact) mass is 1760 g/mol. The summed E-state index contributed by atoms with van der Waals surface area (Å²) in [5.74, 6) is 4.98. The number of benzene rings is 5. The predicted octanol–water partition coefficient (Wildman–Crippen LogP) is 5.09. The molecule has 11 fully saturated rings. The van der Waals surface area contributed by atoms with E-state index in [2.05, 4.69) is 61.9 Å². The second kappa shape index (κ2) is 28.4. The molecule has 5 aromatic rings. The van der Waals surface area contributed by atoms with E-state index in [1.165, 1.54) is 62.3 Å². The number of alkyl halides is 2. The molecule has 121 heavy (non-hydrogen) atoms. The maximum Gasteiger partial charge on any atom is 0.330 e. The molecule has 20 aliphatic rings. The number of rotatable bonds is 14. The number of carbonyl (C=O) groups excluding carboxylic acids is 4. The lowest BCUT2D eigenvalue weighted by atomic mass is 9.44. The number of esters is 1. The summed E-state index contributed by atoms with van der Waals surface area (Å²) in [4.78, 5) is 60.6. The maximum atomic E-state index is 14.1. The van der Waals surface area contributed by atoms with Gasteiger partial charge in [-0.15, -0.1) is 23.2 Å². The number of nitrogens with one attached hydrogen (secondary N) is 1. The number of hydrogen-bond donors (Lipinski definition) is 9. The van der Waals surface area contributed by atoms with E-state index in [0.717, 1.165) is 177 Å². The summed E-state index contributed by atoms with van der Waals surface area (Å²) < 4.78 is 30.9. The fraction of sp³-hybridized carbons (Fsp3) is 0.621. The van der Waals surface area contributed by atoms with Crippen molar-refractivity contribution in [3.8, 4) is 46.0 Å². The SMILES string of the molecule is CN1CC[C@]23c4c5ccc(O)c4OC2C(=O)C2(Cc4ccccc4C2)C[C@@]3(O)[C@H]1C5.COC(=O)/C=C/C(=O)N[C@@H]1CC[C@@]2(O)[C@H]3Cc4ccc(O)c5c4[C@@]2(CCN3CC2CC2)C1O5.C[N+]1(CC2CC2)CC[C@]23c4c5ccc(O)c4OC2C(=O)CC[C@@]3(O)[C@H]1C5.Oc1ccc2c3c1OC1[C@H](N(CCCl)CCCl)CC[C@@]4(O)[C@@H](C2)N(CC2CC2)CC[C@]314.[Br-]. The second-order valence-electron chi connectivity index (χ2n) is 40.5. The van der Waals surface area contributed by atoms with Crippen LogP contribution in [0.1, 0.15) is 165 Å². The van der Waals surface area contributed by atoms with E-state index in [-0.39, 0.29) is 93.9 Å². The standard InChI is InChI=1S/C25H30N2O6.C25H25NO4.C24H32Cl2N2O3.C21H25NO4.BrH/c1-32-20(30)7-6-19(29)26-16-8-9-25(31)18-12-15-4-5-17(28)22-21(15)24(25,23(16)33-22)10-11-27(18)13-14-2-3-14;1-26-9-8-24-19-14-6-7-17(27)20(19)30-22(24)21(28)23(13-25(24,29)18(26)10-14)11-15-4-2-3-5-16(15)12-23;25-8-11-27(12-9-26)17-5-6-24(30)19-13-16-3-4-18(29)21-20(16)23(24,22(17)31-21)7-10-28(19)14-15-1-2-15;1-22(11-12-2-3-12)9-8-20-17-13-4-5-14(23)18(17)26-19(20)15(24)6-7-21(20,25)16(22)10-13;/h4-7,14,16,18,23,28,31H,2-3,8-13H2,1H3,(H,26,29);2-7,18,22,27,29H,8-13H2,1H3;3-4,15,17,19,22,29-30H,1-2,5-14H2;4-5,12,16,19,25H,2-3,6-11H2,1H3;1H/b7-6+;;;;/t16-,18-,23?,24+,25-;18-,22?,24+,25-;17-,19-,22?,23+,24-;16-,19?,20+,21-,22?;/m1111./s1. The Balaban J connectivity index is 0.0000000996. The van der Waals surface area contributed by atoms with Crippen molar-refractivity contribution in [1.82, 2.24) is 24.9 Å². The molecule has 5 spiro atoms. The molecule has 12 aliphatic carbocycles. The summed E-state index contributed by atoms with van der Waals surface area (Å²) >= 11 is 12.3. The molecule has 9 N–H and O–H groups in total. The van der Waals surface area contributed by atoms with Gasteiger partial charge in [0.15, 0.2) is 69.8 Å². The van der Waals surface area contributed by atoms with Crippen molar-refractivity contribution in [2.24, 2.45) is 23.2 Å². The Bertz CT molecular complexity index is 5150. The first kappa shape index (κ1) is 81.3. The lowest BCUT2D eigenvalue weighted by molar-refractivity contribution is -0.950. The topological polar surface area (TPSA) is 301 Å². The van der Waals surface area contributed by atoms with Gasteiger partial charge in [0.05, 0.1) is 71.8 Å². The van der Waals surface area contributed by atoms with Gasteiger partial charge in [0.2, 0.25) is 5.91 Å². The van der Waals surface area contributed by atoms with Crippen LogP contribution in [0.5, 0.6) is 46.0 Å². The molecule has 8 heterocycles. The number of methoxy groups -OCH3 is 1. The van der Waals surface area contributed by atoms with Gasteiger partial charge in [-0.3, -0.25) is 29.1 Å². The van der Waals surface area contributed by atoms with Gasteiger partial charge >= 0.3 is 5.97 Å². The van der Waals surface area contributed by atoms with E-state index in [1.807, 2.05) is 30.3 Å². The maximum absolute atomic E-state index is 14.1. The lowest BCUT2D eigenvalue weighted by Gasteiger charge is -2.65. The second-order valence-corrected chi connectivity index (χ2v) is 41.2. The third-order valence-electron chi connectivity index (χ3n) is 34.9. The molecule has 25 rings (SSSR count).